The molecule has 0 radical (unpaired) electrons. The normalized spacial score (nSPS) is 19.9. The van der Waals surface area contributed by atoms with Crippen molar-refractivity contribution >= 4 is 10.8 Å². The van der Waals surface area contributed by atoms with Crippen LogP contribution < -0.4 is 5.32 Å². The molecule has 1 aliphatic heterocycles. The van der Waals surface area contributed by atoms with Crippen LogP contribution in [0.15, 0.2) is 30.5 Å². The highest BCUT2D eigenvalue weighted by Crippen LogP contribution is 2.18. The molecule has 0 amide bonds. The van der Waals surface area contributed by atoms with Crippen molar-refractivity contribution in [1.82, 2.24) is 10.3 Å². The van der Waals surface area contributed by atoms with E-state index >= 15 is 0 Å². The van der Waals surface area contributed by atoms with E-state index in [0.29, 0.717) is 6.04 Å². The van der Waals surface area contributed by atoms with Gasteiger partial charge in [-0.15, -0.1) is 0 Å². The molecule has 2 heteroatoms. The van der Waals surface area contributed by atoms with Crippen molar-refractivity contribution in [3.8, 4) is 0 Å². The summed E-state index contributed by atoms with van der Waals surface area (Å²) in [5.74, 6) is 0. The maximum atomic E-state index is 4.36. The van der Waals surface area contributed by atoms with Crippen LogP contribution in [0.2, 0.25) is 0 Å². The molecule has 88 valence electrons. The maximum absolute atomic E-state index is 4.36. The number of benzene rings is 1. The monoisotopic (exact) mass is 226 g/mol. The van der Waals surface area contributed by atoms with Gasteiger partial charge in [0.15, 0.2) is 0 Å². The summed E-state index contributed by atoms with van der Waals surface area (Å²) in [6, 6.07) is 9.57. The SMILES string of the molecule is Cc1cc2ccc(CC3CCCN3)cc2cn1. The lowest BCUT2D eigenvalue weighted by atomic mass is 10.0. The second-order valence-electron chi connectivity index (χ2n) is 5.00. The molecule has 3 rings (SSSR count). The molecule has 1 aromatic carbocycles. The van der Waals surface area contributed by atoms with Crippen molar-refractivity contribution in [2.75, 3.05) is 6.54 Å². The Morgan fingerprint density at radius 2 is 2.24 bits per heavy atom. The Labute approximate surface area is 102 Å². The number of aryl methyl sites for hydroxylation is 1. The summed E-state index contributed by atoms with van der Waals surface area (Å²) in [5, 5.41) is 6.09. The smallest absolute Gasteiger partial charge is 0.0379 e. The van der Waals surface area contributed by atoms with Crippen LogP contribution in [-0.4, -0.2) is 17.6 Å². The zero-order valence-electron chi connectivity index (χ0n) is 10.2. The third-order valence-corrected chi connectivity index (χ3v) is 3.57. The number of hydrogen-bond acceptors (Lipinski definition) is 2. The van der Waals surface area contributed by atoms with Crippen LogP contribution in [0.4, 0.5) is 0 Å². The van der Waals surface area contributed by atoms with Crippen molar-refractivity contribution in [3.05, 3.63) is 41.7 Å². The van der Waals surface area contributed by atoms with E-state index in [2.05, 4.69) is 34.6 Å². The molecule has 1 saturated heterocycles. The minimum atomic E-state index is 0.672. The summed E-state index contributed by atoms with van der Waals surface area (Å²) in [6.45, 7) is 3.22. The fourth-order valence-corrected chi connectivity index (χ4v) is 2.64. The van der Waals surface area contributed by atoms with Gasteiger partial charge in [0, 0.05) is 23.3 Å². The Morgan fingerprint density at radius 3 is 3.06 bits per heavy atom. The summed E-state index contributed by atoms with van der Waals surface area (Å²) < 4.78 is 0. The van der Waals surface area contributed by atoms with Gasteiger partial charge in [0.1, 0.15) is 0 Å². The van der Waals surface area contributed by atoms with Crippen molar-refractivity contribution in [3.63, 3.8) is 0 Å². The van der Waals surface area contributed by atoms with E-state index in [0.717, 1.165) is 12.1 Å². The highest BCUT2D eigenvalue weighted by atomic mass is 14.9. The third kappa shape index (κ3) is 2.32. The topological polar surface area (TPSA) is 24.9 Å². The van der Waals surface area contributed by atoms with E-state index in [1.54, 1.807) is 0 Å². The Balaban J connectivity index is 1.88. The van der Waals surface area contributed by atoms with Gasteiger partial charge in [-0.05, 0) is 55.8 Å². The Bertz CT molecular complexity index is 527. The number of fused-ring (bicyclic) bond motifs is 1. The molecule has 2 aromatic rings. The molecule has 0 aliphatic carbocycles. The molecule has 2 nitrogen and oxygen atoms in total. The summed E-state index contributed by atoms with van der Waals surface area (Å²) in [4.78, 5) is 4.36. The first-order valence-corrected chi connectivity index (χ1v) is 6.40. The van der Waals surface area contributed by atoms with Crippen LogP contribution in [0, 0.1) is 6.92 Å². The molecular formula is C15H18N2. The molecule has 0 spiro atoms. The minimum Gasteiger partial charge on any atom is -0.314 e. The zero-order valence-corrected chi connectivity index (χ0v) is 10.2. The Hall–Kier alpha value is -1.41. The predicted molar refractivity (Wildman–Crippen MR) is 71.2 cm³/mol. The largest absolute Gasteiger partial charge is 0.314 e. The first-order valence-electron chi connectivity index (χ1n) is 6.40. The van der Waals surface area contributed by atoms with E-state index in [1.165, 1.54) is 35.7 Å². The molecule has 0 bridgehead atoms. The van der Waals surface area contributed by atoms with Crippen molar-refractivity contribution in [1.29, 1.82) is 0 Å². The average molecular weight is 226 g/mol. The summed E-state index contributed by atoms with van der Waals surface area (Å²) in [5.41, 5.74) is 2.50. The van der Waals surface area contributed by atoms with Crippen LogP contribution in [0.5, 0.6) is 0 Å². The molecule has 17 heavy (non-hydrogen) atoms. The first-order chi connectivity index (χ1) is 8.31. The van der Waals surface area contributed by atoms with Crippen molar-refractivity contribution in [2.45, 2.75) is 32.2 Å². The summed E-state index contributed by atoms with van der Waals surface area (Å²) in [7, 11) is 0. The van der Waals surface area contributed by atoms with E-state index in [4.69, 9.17) is 0 Å². The first kappa shape index (κ1) is 10.7. The van der Waals surface area contributed by atoms with E-state index in [9.17, 15) is 0 Å². The quantitative estimate of drug-likeness (QED) is 0.851. The van der Waals surface area contributed by atoms with Gasteiger partial charge in [-0.25, -0.2) is 0 Å². The number of nitrogens with zero attached hydrogens (tertiary/aromatic N) is 1. The standard InChI is InChI=1S/C15H18N2/c1-11-7-13-5-4-12(8-14(13)10-17-11)9-15-3-2-6-16-15/h4-5,7-8,10,15-16H,2-3,6,9H2,1H3. The van der Waals surface area contributed by atoms with Gasteiger partial charge in [0.2, 0.25) is 0 Å². The van der Waals surface area contributed by atoms with Crippen LogP contribution in [0.25, 0.3) is 10.8 Å². The number of pyridine rings is 1. The second kappa shape index (κ2) is 4.46. The van der Waals surface area contributed by atoms with Gasteiger partial charge < -0.3 is 5.32 Å². The molecule has 1 fully saturated rings. The fraction of sp³-hybridized carbons (Fsp3) is 0.400. The van der Waals surface area contributed by atoms with Gasteiger partial charge in [0.05, 0.1) is 0 Å². The fourth-order valence-electron chi connectivity index (χ4n) is 2.64. The van der Waals surface area contributed by atoms with Gasteiger partial charge in [-0.2, -0.15) is 0 Å². The summed E-state index contributed by atoms with van der Waals surface area (Å²) in [6.07, 6.45) is 5.75. The van der Waals surface area contributed by atoms with E-state index in [1.807, 2.05) is 13.1 Å². The van der Waals surface area contributed by atoms with Gasteiger partial charge in [-0.3, -0.25) is 4.98 Å². The van der Waals surface area contributed by atoms with Crippen LogP contribution in [-0.2, 0) is 6.42 Å². The number of hydrogen-bond donors (Lipinski definition) is 1. The molecule has 1 N–H and O–H groups in total. The van der Waals surface area contributed by atoms with Gasteiger partial charge in [-0.1, -0.05) is 12.1 Å². The molecule has 1 atom stereocenters. The third-order valence-electron chi connectivity index (χ3n) is 3.57. The lowest BCUT2D eigenvalue weighted by Gasteiger charge is -2.10. The maximum Gasteiger partial charge on any atom is 0.0379 e. The van der Waals surface area contributed by atoms with E-state index < -0.39 is 0 Å². The Kier molecular flexibility index (Phi) is 2.81. The van der Waals surface area contributed by atoms with Crippen LogP contribution in [0.1, 0.15) is 24.1 Å². The van der Waals surface area contributed by atoms with Gasteiger partial charge >= 0.3 is 0 Å². The van der Waals surface area contributed by atoms with Gasteiger partial charge in [0.25, 0.3) is 0 Å². The molecule has 2 heterocycles. The summed E-state index contributed by atoms with van der Waals surface area (Å²) >= 11 is 0. The highest BCUT2D eigenvalue weighted by Gasteiger charge is 2.14. The van der Waals surface area contributed by atoms with Crippen molar-refractivity contribution < 1.29 is 0 Å². The predicted octanol–water partition coefficient (Wildman–Crippen LogP) is 2.84. The number of rotatable bonds is 2. The van der Waals surface area contributed by atoms with Crippen LogP contribution >= 0.6 is 0 Å². The zero-order chi connectivity index (χ0) is 11.7. The molecular weight excluding hydrogens is 208 g/mol. The number of aromatic nitrogens is 1. The number of nitrogens with one attached hydrogen (secondary N) is 1. The average Bonchev–Trinajstić information content (AvgIpc) is 2.82. The van der Waals surface area contributed by atoms with Crippen LogP contribution in [0.3, 0.4) is 0 Å². The minimum absolute atomic E-state index is 0.672. The molecule has 1 unspecified atom stereocenters. The molecule has 1 aliphatic rings. The molecule has 0 saturated carbocycles. The lowest BCUT2D eigenvalue weighted by Crippen LogP contribution is -2.23. The Morgan fingerprint density at radius 1 is 1.29 bits per heavy atom. The highest BCUT2D eigenvalue weighted by molar-refractivity contribution is 5.82. The van der Waals surface area contributed by atoms with E-state index in [-0.39, 0.29) is 0 Å². The lowest BCUT2D eigenvalue weighted by molar-refractivity contribution is 0.603. The van der Waals surface area contributed by atoms with Crippen molar-refractivity contribution in [2.24, 2.45) is 0 Å². The molecule has 1 aromatic heterocycles. The second-order valence-corrected chi connectivity index (χ2v) is 5.00.